The van der Waals surface area contributed by atoms with Crippen molar-refractivity contribution in [2.24, 2.45) is 14.1 Å². The average Bonchev–Trinajstić information content (AvgIpc) is 2.30. The molecule has 0 aliphatic carbocycles. The lowest BCUT2D eigenvalue weighted by Crippen LogP contribution is -2.37. The van der Waals surface area contributed by atoms with Crippen molar-refractivity contribution in [2.45, 2.75) is 0 Å². The van der Waals surface area contributed by atoms with Crippen molar-refractivity contribution < 1.29 is 0 Å². The molecule has 0 fully saturated rings. The van der Waals surface area contributed by atoms with Crippen molar-refractivity contribution in [1.82, 2.24) is 14.1 Å². The number of pyridine rings is 1. The van der Waals surface area contributed by atoms with Crippen LogP contribution < -0.4 is 11.2 Å². The molecule has 2 aromatic heterocycles. The van der Waals surface area contributed by atoms with E-state index < -0.39 is 11.2 Å². The normalized spacial score (nSPS) is 11.1. The van der Waals surface area contributed by atoms with Gasteiger partial charge in [-0.25, -0.2) is 9.78 Å². The van der Waals surface area contributed by atoms with Crippen LogP contribution in [0, 0.1) is 0 Å². The van der Waals surface area contributed by atoms with Gasteiger partial charge in [0, 0.05) is 14.1 Å². The highest BCUT2D eigenvalue weighted by atomic mass is 35.5. The van der Waals surface area contributed by atoms with Gasteiger partial charge in [0.25, 0.3) is 5.56 Å². The predicted octanol–water partition coefficient (Wildman–Crippen LogP) is 1.59. The SMILES string of the molecule is Cn1c(=O)c2c(Cl)c(Cl)c(Cl)nc2n(C)c1=O. The summed E-state index contributed by atoms with van der Waals surface area (Å²) in [7, 11) is 2.82. The fourth-order valence-corrected chi connectivity index (χ4v) is 2.11. The zero-order valence-electron chi connectivity index (χ0n) is 8.79. The minimum atomic E-state index is -0.556. The molecule has 0 aliphatic rings. The zero-order chi connectivity index (χ0) is 12.9. The van der Waals surface area contributed by atoms with Crippen molar-refractivity contribution in [3.05, 3.63) is 36.0 Å². The molecule has 0 atom stereocenters. The first-order valence-corrected chi connectivity index (χ1v) is 5.60. The van der Waals surface area contributed by atoms with E-state index in [4.69, 9.17) is 34.8 Å². The number of hydrogen-bond donors (Lipinski definition) is 0. The highest BCUT2D eigenvalue weighted by Gasteiger charge is 2.17. The fraction of sp³-hybridized carbons (Fsp3) is 0.222. The van der Waals surface area contributed by atoms with Crippen LogP contribution in [0.1, 0.15) is 0 Å². The van der Waals surface area contributed by atoms with Crippen molar-refractivity contribution in [3.63, 3.8) is 0 Å². The molecule has 0 radical (unpaired) electrons. The molecule has 0 N–H and O–H groups in total. The lowest BCUT2D eigenvalue weighted by Gasteiger charge is -2.09. The van der Waals surface area contributed by atoms with Gasteiger partial charge in [0.2, 0.25) is 0 Å². The van der Waals surface area contributed by atoms with Crippen LogP contribution in [0.5, 0.6) is 0 Å². The van der Waals surface area contributed by atoms with E-state index in [1.54, 1.807) is 0 Å². The molecule has 0 saturated carbocycles. The minimum absolute atomic E-state index is 0.00198. The third kappa shape index (κ3) is 1.66. The van der Waals surface area contributed by atoms with Gasteiger partial charge in [-0.3, -0.25) is 13.9 Å². The molecule has 0 unspecified atom stereocenters. The van der Waals surface area contributed by atoms with Crippen molar-refractivity contribution in [1.29, 1.82) is 0 Å². The van der Waals surface area contributed by atoms with Crippen molar-refractivity contribution in [2.75, 3.05) is 0 Å². The topological polar surface area (TPSA) is 56.9 Å². The summed E-state index contributed by atoms with van der Waals surface area (Å²) in [6, 6.07) is 0. The second-order valence-corrected chi connectivity index (χ2v) is 4.55. The molecule has 0 aromatic carbocycles. The molecular formula is C9H6Cl3N3O2. The standard InChI is InChI=1S/C9H6Cl3N3O2/c1-14-7-3(8(16)15(2)9(14)17)4(10)5(11)6(12)13-7/h1-2H3. The molecule has 0 amide bonds. The summed E-state index contributed by atoms with van der Waals surface area (Å²) in [6.45, 7) is 0. The molecule has 0 spiro atoms. The van der Waals surface area contributed by atoms with Crippen LogP contribution in [0.2, 0.25) is 15.2 Å². The first-order valence-electron chi connectivity index (χ1n) is 4.46. The molecule has 5 nitrogen and oxygen atoms in total. The quantitative estimate of drug-likeness (QED) is 0.693. The van der Waals surface area contributed by atoms with Crippen LogP contribution >= 0.6 is 34.8 Å². The lowest BCUT2D eigenvalue weighted by molar-refractivity contribution is 0.708. The summed E-state index contributed by atoms with van der Waals surface area (Å²) >= 11 is 17.5. The van der Waals surface area contributed by atoms with E-state index in [0.29, 0.717) is 0 Å². The van der Waals surface area contributed by atoms with Gasteiger partial charge in [0.05, 0.1) is 10.0 Å². The molecule has 8 heteroatoms. The van der Waals surface area contributed by atoms with E-state index in [-0.39, 0.29) is 26.2 Å². The summed E-state index contributed by atoms with van der Waals surface area (Å²) in [4.78, 5) is 27.5. The van der Waals surface area contributed by atoms with Crippen LogP contribution in [0.15, 0.2) is 9.59 Å². The van der Waals surface area contributed by atoms with Crippen LogP contribution in [0.25, 0.3) is 11.0 Å². The lowest BCUT2D eigenvalue weighted by atomic mass is 10.3. The molecule has 2 heterocycles. The third-order valence-corrected chi connectivity index (χ3v) is 3.64. The second kappa shape index (κ2) is 4.01. The molecular weight excluding hydrogens is 288 g/mol. The monoisotopic (exact) mass is 293 g/mol. The van der Waals surface area contributed by atoms with Gasteiger partial charge in [-0.15, -0.1) is 0 Å². The summed E-state index contributed by atoms with van der Waals surface area (Å²) in [5.41, 5.74) is -0.957. The Hall–Kier alpha value is -1.04. The predicted molar refractivity (Wildman–Crippen MR) is 67.3 cm³/mol. The van der Waals surface area contributed by atoms with E-state index in [0.717, 1.165) is 4.57 Å². The second-order valence-electron chi connectivity index (χ2n) is 3.43. The Bertz CT molecular complexity index is 748. The van der Waals surface area contributed by atoms with Crippen molar-refractivity contribution in [3.8, 4) is 0 Å². The van der Waals surface area contributed by atoms with E-state index >= 15 is 0 Å². The van der Waals surface area contributed by atoms with Gasteiger partial charge in [-0.05, 0) is 0 Å². The number of nitrogens with zero attached hydrogens (tertiary/aromatic N) is 3. The first kappa shape index (κ1) is 12.4. The minimum Gasteiger partial charge on any atom is -0.280 e. The zero-order valence-corrected chi connectivity index (χ0v) is 11.1. The molecule has 0 bridgehead atoms. The Balaban J connectivity index is 3.24. The molecule has 0 aliphatic heterocycles. The third-order valence-electron chi connectivity index (χ3n) is 2.43. The summed E-state index contributed by atoms with van der Waals surface area (Å²) in [6.07, 6.45) is 0. The number of aromatic nitrogens is 3. The summed E-state index contributed by atoms with van der Waals surface area (Å²) in [5, 5.41) is 0.0209. The molecule has 2 aromatic rings. The Morgan fingerprint density at radius 3 is 2.18 bits per heavy atom. The average molecular weight is 295 g/mol. The maximum Gasteiger partial charge on any atom is 0.332 e. The summed E-state index contributed by atoms with van der Waals surface area (Å²) in [5.74, 6) is 0. The van der Waals surface area contributed by atoms with Gasteiger partial charge in [-0.1, -0.05) is 34.8 Å². The maximum absolute atomic E-state index is 11.9. The number of fused-ring (bicyclic) bond motifs is 1. The van der Waals surface area contributed by atoms with Crippen LogP contribution in [-0.4, -0.2) is 14.1 Å². The number of hydrogen-bond acceptors (Lipinski definition) is 3. The van der Waals surface area contributed by atoms with Gasteiger partial charge in [0.1, 0.15) is 5.39 Å². The van der Waals surface area contributed by atoms with Crippen LogP contribution in [0.3, 0.4) is 0 Å². The van der Waals surface area contributed by atoms with Gasteiger partial charge in [0.15, 0.2) is 10.8 Å². The number of halogens is 3. The largest absolute Gasteiger partial charge is 0.332 e. The molecule has 2 rings (SSSR count). The Morgan fingerprint density at radius 2 is 1.59 bits per heavy atom. The van der Waals surface area contributed by atoms with Gasteiger partial charge >= 0.3 is 5.69 Å². The summed E-state index contributed by atoms with van der Waals surface area (Å²) < 4.78 is 2.12. The van der Waals surface area contributed by atoms with Gasteiger partial charge in [-0.2, -0.15) is 0 Å². The van der Waals surface area contributed by atoms with E-state index in [2.05, 4.69) is 4.98 Å². The van der Waals surface area contributed by atoms with E-state index in [1.165, 1.54) is 18.7 Å². The van der Waals surface area contributed by atoms with Crippen LogP contribution in [-0.2, 0) is 14.1 Å². The van der Waals surface area contributed by atoms with E-state index in [1.807, 2.05) is 0 Å². The highest BCUT2D eigenvalue weighted by Crippen LogP contribution is 2.32. The number of rotatable bonds is 0. The Kier molecular flexibility index (Phi) is 2.93. The highest BCUT2D eigenvalue weighted by molar-refractivity contribution is 6.49. The van der Waals surface area contributed by atoms with Crippen LogP contribution in [0.4, 0.5) is 0 Å². The maximum atomic E-state index is 11.9. The Labute approximate surface area is 110 Å². The fourth-order valence-electron chi connectivity index (χ4n) is 1.50. The Morgan fingerprint density at radius 1 is 1.00 bits per heavy atom. The molecule has 0 saturated heterocycles. The van der Waals surface area contributed by atoms with E-state index in [9.17, 15) is 9.59 Å². The smallest absolute Gasteiger partial charge is 0.280 e. The molecule has 90 valence electrons. The number of aryl methyl sites for hydroxylation is 1. The van der Waals surface area contributed by atoms with Gasteiger partial charge < -0.3 is 0 Å². The molecule has 17 heavy (non-hydrogen) atoms. The van der Waals surface area contributed by atoms with Crippen molar-refractivity contribution >= 4 is 45.8 Å². The first-order chi connectivity index (χ1) is 7.86.